The zero-order valence-electron chi connectivity index (χ0n) is 13.3. The molecule has 3 unspecified atom stereocenters. The standard InChI is InChI=1S/C18H25ClN2O2/c19-15-4-1-12(2-5-15)17(22)13-7-9-21(10-8-13)18(23)14-3-6-16(20)11-14/h1-2,4-5,13-14,16-17,22H,3,6-11,20H2. The van der Waals surface area contributed by atoms with Gasteiger partial charge >= 0.3 is 0 Å². The van der Waals surface area contributed by atoms with Gasteiger partial charge in [-0.1, -0.05) is 23.7 Å². The molecule has 1 aliphatic heterocycles. The average molecular weight is 337 g/mol. The lowest BCUT2D eigenvalue weighted by Gasteiger charge is -2.35. The molecule has 5 heteroatoms. The minimum Gasteiger partial charge on any atom is -0.388 e. The van der Waals surface area contributed by atoms with Crippen LogP contribution < -0.4 is 5.73 Å². The first kappa shape index (κ1) is 16.7. The Morgan fingerprint density at radius 1 is 1.17 bits per heavy atom. The van der Waals surface area contributed by atoms with Crippen molar-refractivity contribution in [3.05, 3.63) is 34.9 Å². The van der Waals surface area contributed by atoms with Crippen LogP contribution in [0.2, 0.25) is 5.02 Å². The molecule has 126 valence electrons. The summed E-state index contributed by atoms with van der Waals surface area (Å²) in [5, 5.41) is 11.2. The topological polar surface area (TPSA) is 66.6 Å². The van der Waals surface area contributed by atoms with E-state index in [1.807, 2.05) is 29.2 Å². The van der Waals surface area contributed by atoms with Crippen LogP contribution in [0.15, 0.2) is 24.3 Å². The van der Waals surface area contributed by atoms with Crippen LogP contribution in [0.1, 0.15) is 43.8 Å². The van der Waals surface area contributed by atoms with Gasteiger partial charge in [-0.05, 0) is 55.7 Å². The maximum absolute atomic E-state index is 12.5. The predicted octanol–water partition coefficient (Wildman–Crippen LogP) is 2.74. The van der Waals surface area contributed by atoms with Gasteiger partial charge < -0.3 is 15.7 Å². The Balaban J connectivity index is 1.53. The highest BCUT2D eigenvalue weighted by molar-refractivity contribution is 6.30. The van der Waals surface area contributed by atoms with Gasteiger partial charge in [-0.15, -0.1) is 0 Å². The van der Waals surface area contributed by atoms with Crippen LogP contribution in [-0.4, -0.2) is 35.0 Å². The number of hydrogen-bond acceptors (Lipinski definition) is 3. The summed E-state index contributed by atoms with van der Waals surface area (Å²) < 4.78 is 0. The normalized spacial score (nSPS) is 27.2. The highest BCUT2D eigenvalue weighted by Gasteiger charge is 2.34. The molecule has 1 heterocycles. The summed E-state index contributed by atoms with van der Waals surface area (Å²) in [6, 6.07) is 7.56. The third kappa shape index (κ3) is 3.87. The molecule has 23 heavy (non-hydrogen) atoms. The number of nitrogens with zero attached hydrogens (tertiary/aromatic N) is 1. The smallest absolute Gasteiger partial charge is 0.225 e. The van der Waals surface area contributed by atoms with Crippen molar-refractivity contribution in [1.82, 2.24) is 4.90 Å². The van der Waals surface area contributed by atoms with E-state index in [0.29, 0.717) is 5.02 Å². The van der Waals surface area contributed by atoms with Crippen LogP contribution in [0.5, 0.6) is 0 Å². The van der Waals surface area contributed by atoms with E-state index in [-0.39, 0.29) is 23.8 Å². The molecule has 0 aromatic heterocycles. The quantitative estimate of drug-likeness (QED) is 0.892. The number of rotatable bonds is 3. The summed E-state index contributed by atoms with van der Waals surface area (Å²) >= 11 is 5.89. The number of aliphatic hydroxyl groups is 1. The van der Waals surface area contributed by atoms with Crippen molar-refractivity contribution >= 4 is 17.5 Å². The fraction of sp³-hybridized carbons (Fsp3) is 0.611. The van der Waals surface area contributed by atoms with Crippen molar-refractivity contribution in [2.24, 2.45) is 17.6 Å². The number of aliphatic hydroxyl groups excluding tert-OH is 1. The van der Waals surface area contributed by atoms with Crippen LogP contribution in [0.4, 0.5) is 0 Å². The Morgan fingerprint density at radius 2 is 1.83 bits per heavy atom. The second kappa shape index (κ2) is 7.20. The molecule has 1 aromatic carbocycles. The van der Waals surface area contributed by atoms with E-state index in [0.717, 1.165) is 50.8 Å². The first-order valence-corrected chi connectivity index (χ1v) is 8.90. The molecule has 4 nitrogen and oxygen atoms in total. The average Bonchev–Trinajstić information content (AvgIpc) is 3.01. The monoisotopic (exact) mass is 336 g/mol. The zero-order valence-corrected chi connectivity index (χ0v) is 14.1. The summed E-state index contributed by atoms with van der Waals surface area (Å²) in [4.78, 5) is 14.5. The van der Waals surface area contributed by atoms with Crippen LogP contribution >= 0.6 is 11.6 Å². The fourth-order valence-corrected chi connectivity index (χ4v) is 3.99. The molecule has 0 bridgehead atoms. The van der Waals surface area contributed by atoms with Gasteiger partial charge in [0.25, 0.3) is 0 Å². The molecule has 0 radical (unpaired) electrons. The molecule has 1 amide bonds. The second-order valence-electron chi connectivity index (χ2n) is 6.93. The number of halogens is 1. The van der Waals surface area contributed by atoms with Crippen LogP contribution in [-0.2, 0) is 4.79 Å². The lowest BCUT2D eigenvalue weighted by atomic mass is 9.87. The number of likely N-dealkylation sites (tertiary alicyclic amines) is 1. The van der Waals surface area contributed by atoms with E-state index in [1.165, 1.54) is 0 Å². The van der Waals surface area contributed by atoms with Gasteiger partial charge in [-0.2, -0.15) is 0 Å². The van der Waals surface area contributed by atoms with E-state index in [9.17, 15) is 9.90 Å². The molecule has 1 saturated carbocycles. The summed E-state index contributed by atoms with van der Waals surface area (Å²) in [7, 11) is 0. The first-order valence-electron chi connectivity index (χ1n) is 8.52. The molecule has 2 fully saturated rings. The van der Waals surface area contributed by atoms with Gasteiger partial charge in [-0.25, -0.2) is 0 Å². The molecule has 3 rings (SSSR count). The number of hydrogen-bond donors (Lipinski definition) is 2. The molecule has 1 aromatic rings. The van der Waals surface area contributed by atoms with Gasteiger partial charge in [0.1, 0.15) is 0 Å². The zero-order chi connectivity index (χ0) is 16.4. The molecule has 1 saturated heterocycles. The molecule has 2 aliphatic rings. The van der Waals surface area contributed by atoms with Crippen LogP contribution in [0.25, 0.3) is 0 Å². The van der Waals surface area contributed by atoms with E-state index in [2.05, 4.69) is 0 Å². The van der Waals surface area contributed by atoms with E-state index in [4.69, 9.17) is 17.3 Å². The lowest BCUT2D eigenvalue weighted by Crippen LogP contribution is -2.42. The highest BCUT2D eigenvalue weighted by Crippen LogP contribution is 2.33. The van der Waals surface area contributed by atoms with Gasteiger partial charge in [0, 0.05) is 30.1 Å². The van der Waals surface area contributed by atoms with Crippen molar-refractivity contribution in [1.29, 1.82) is 0 Å². The number of amides is 1. The Morgan fingerprint density at radius 3 is 2.39 bits per heavy atom. The first-order chi connectivity index (χ1) is 11.0. The largest absolute Gasteiger partial charge is 0.388 e. The molecule has 0 spiro atoms. The number of carbonyl (C=O) groups excluding carboxylic acids is 1. The molecular formula is C18H25ClN2O2. The van der Waals surface area contributed by atoms with Gasteiger partial charge in [0.05, 0.1) is 6.10 Å². The fourth-order valence-electron chi connectivity index (χ4n) is 3.87. The van der Waals surface area contributed by atoms with Crippen LogP contribution in [0.3, 0.4) is 0 Å². The van der Waals surface area contributed by atoms with Crippen molar-refractivity contribution in [3.8, 4) is 0 Å². The minimum absolute atomic E-state index is 0.114. The summed E-state index contributed by atoms with van der Waals surface area (Å²) in [5.74, 6) is 0.575. The summed E-state index contributed by atoms with van der Waals surface area (Å²) in [6.45, 7) is 1.47. The number of nitrogens with two attached hydrogens (primary N) is 1. The minimum atomic E-state index is -0.482. The van der Waals surface area contributed by atoms with Gasteiger partial charge in [-0.3, -0.25) is 4.79 Å². The van der Waals surface area contributed by atoms with Crippen molar-refractivity contribution < 1.29 is 9.90 Å². The summed E-state index contributed by atoms with van der Waals surface area (Å²) in [6.07, 6.45) is 3.91. The number of benzene rings is 1. The number of piperidine rings is 1. The second-order valence-corrected chi connectivity index (χ2v) is 7.37. The maximum Gasteiger partial charge on any atom is 0.225 e. The van der Waals surface area contributed by atoms with Gasteiger partial charge in [0.15, 0.2) is 0 Å². The molecule has 1 aliphatic carbocycles. The van der Waals surface area contributed by atoms with E-state index < -0.39 is 6.10 Å². The molecular weight excluding hydrogens is 312 g/mol. The Labute approximate surface area is 142 Å². The van der Waals surface area contributed by atoms with Crippen molar-refractivity contribution in [2.75, 3.05) is 13.1 Å². The Hall–Kier alpha value is -1.10. The van der Waals surface area contributed by atoms with Crippen molar-refractivity contribution in [2.45, 2.75) is 44.2 Å². The Kier molecular flexibility index (Phi) is 5.24. The van der Waals surface area contributed by atoms with Crippen LogP contribution in [0, 0.1) is 11.8 Å². The SMILES string of the molecule is NC1CCC(C(=O)N2CCC(C(O)c3ccc(Cl)cc3)CC2)C1. The Bertz CT molecular complexity index is 540. The predicted molar refractivity (Wildman–Crippen MR) is 91.0 cm³/mol. The van der Waals surface area contributed by atoms with Crippen molar-refractivity contribution in [3.63, 3.8) is 0 Å². The van der Waals surface area contributed by atoms with E-state index >= 15 is 0 Å². The van der Waals surface area contributed by atoms with E-state index in [1.54, 1.807) is 0 Å². The van der Waals surface area contributed by atoms with Gasteiger partial charge in [0.2, 0.25) is 5.91 Å². The number of carbonyl (C=O) groups is 1. The maximum atomic E-state index is 12.5. The summed E-state index contributed by atoms with van der Waals surface area (Å²) in [5.41, 5.74) is 6.82. The third-order valence-corrected chi connectivity index (χ3v) is 5.58. The molecule has 3 N–H and O–H groups in total. The lowest BCUT2D eigenvalue weighted by molar-refractivity contribution is -0.137. The third-order valence-electron chi connectivity index (χ3n) is 5.33. The highest BCUT2D eigenvalue weighted by atomic mass is 35.5. The molecule has 3 atom stereocenters.